The second kappa shape index (κ2) is 6.47. The number of fused-ring (bicyclic) bond motifs is 3. The molecule has 7 heteroatoms. The number of benzene rings is 2. The Morgan fingerprint density at radius 1 is 1.00 bits per heavy atom. The molecule has 26 heavy (non-hydrogen) atoms. The summed E-state index contributed by atoms with van der Waals surface area (Å²) in [5.41, 5.74) is 2.89. The molecule has 2 heterocycles. The predicted molar refractivity (Wildman–Crippen MR) is 113 cm³/mol. The lowest BCUT2D eigenvalue weighted by atomic mass is 10.1. The zero-order chi connectivity index (χ0) is 18.5. The summed E-state index contributed by atoms with van der Waals surface area (Å²) in [6, 6.07) is 18.3. The van der Waals surface area contributed by atoms with Crippen molar-refractivity contribution in [1.29, 1.82) is 0 Å². The number of nitrogens with zero attached hydrogens (tertiary/aromatic N) is 1. The van der Waals surface area contributed by atoms with Crippen LogP contribution in [0.3, 0.4) is 0 Å². The Kier molecular flexibility index (Phi) is 4.40. The smallest absolute Gasteiger partial charge is 0.307 e. The quantitative estimate of drug-likeness (QED) is 0.238. The molecule has 2 aromatic carbocycles. The van der Waals surface area contributed by atoms with Crippen LogP contribution in [0, 0.1) is 10.5 Å². The Balaban J connectivity index is 2.19. The summed E-state index contributed by atoms with van der Waals surface area (Å²) in [6.07, 6.45) is 1.07. The van der Waals surface area contributed by atoms with Gasteiger partial charge in [0.25, 0.3) is 9.89 Å². The van der Waals surface area contributed by atoms with Crippen LogP contribution in [0.15, 0.2) is 54.6 Å². The van der Waals surface area contributed by atoms with Gasteiger partial charge in [0.1, 0.15) is 0 Å². The molecule has 0 bridgehead atoms. The number of halogens is 1. The molecular weight excluding hydrogens is 481 g/mol. The average Bonchev–Trinajstić information content (AvgIpc) is 2.92. The van der Waals surface area contributed by atoms with Gasteiger partial charge in [-0.25, -0.2) is 0 Å². The third-order valence-electron chi connectivity index (χ3n) is 4.12. The Labute approximate surface area is 169 Å². The molecule has 4 rings (SSSR count). The largest absolute Gasteiger partial charge is 0.364 e. The second-order valence-corrected chi connectivity index (χ2v) is 9.59. The molecule has 0 aliphatic heterocycles. The number of hydrogen-bond donors (Lipinski definition) is 0. The fraction of sp³-hybridized carbons (Fsp3) is 0.105. The van der Waals surface area contributed by atoms with E-state index in [1.165, 1.54) is 11.3 Å². The van der Waals surface area contributed by atoms with E-state index in [4.69, 9.17) is 4.18 Å². The lowest BCUT2D eigenvalue weighted by Gasteiger charge is -2.06. The summed E-state index contributed by atoms with van der Waals surface area (Å²) >= 11 is 3.73. The van der Waals surface area contributed by atoms with Crippen molar-refractivity contribution in [2.75, 3.05) is 6.26 Å². The minimum absolute atomic E-state index is 0.400. The van der Waals surface area contributed by atoms with E-state index >= 15 is 0 Å². The Morgan fingerprint density at radius 3 is 2.27 bits per heavy atom. The zero-order valence-corrected chi connectivity index (χ0v) is 17.9. The number of aryl methyl sites for hydroxylation is 1. The van der Waals surface area contributed by atoms with Crippen LogP contribution >= 0.6 is 33.9 Å². The Bertz CT molecular complexity index is 1250. The summed E-state index contributed by atoms with van der Waals surface area (Å²) in [6.45, 7) is 1.89. The number of hydrogen-bond acceptors (Lipinski definition) is 4. The van der Waals surface area contributed by atoms with E-state index in [0.717, 1.165) is 42.4 Å². The number of thiazole rings is 1. The van der Waals surface area contributed by atoms with Crippen LogP contribution in [0.4, 0.5) is 0 Å². The summed E-state index contributed by atoms with van der Waals surface area (Å²) < 4.78 is 31.9. The summed E-state index contributed by atoms with van der Waals surface area (Å²) in [5.74, 6) is 0. The molecule has 4 aromatic rings. The molecule has 0 saturated heterocycles. The molecule has 2 aromatic heterocycles. The molecule has 0 spiro atoms. The standard InChI is InChI=1S/C19H15INO3S2/c1-12-19(24-26(2,22)23)25-18-15-11-7-6-10-14(15)16(20)17(21(12)18)13-8-4-3-5-9-13/h3-11H,1-2H3/q+1. The van der Waals surface area contributed by atoms with Gasteiger partial charge in [-0.3, -0.25) is 0 Å². The summed E-state index contributed by atoms with van der Waals surface area (Å²) in [4.78, 5) is 0.969. The normalized spacial score (nSPS) is 12.0. The first-order valence-corrected chi connectivity index (χ1v) is 11.6. The van der Waals surface area contributed by atoms with Crippen molar-refractivity contribution in [1.82, 2.24) is 0 Å². The number of aromatic nitrogens is 1. The molecule has 0 saturated carbocycles. The van der Waals surface area contributed by atoms with Crippen molar-refractivity contribution in [3.63, 3.8) is 0 Å². The minimum atomic E-state index is -3.59. The highest BCUT2D eigenvalue weighted by Crippen LogP contribution is 2.37. The van der Waals surface area contributed by atoms with Gasteiger partial charge < -0.3 is 4.18 Å². The van der Waals surface area contributed by atoms with Gasteiger partial charge in [0.2, 0.25) is 11.4 Å². The van der Waals surface area contributed by atoms with Crippen molar-refractivity contribution >= 4 is 59.6 Å². The monoisotopic (exact) mass is 496 g/mol. The van der Waals surface area contributed by atoms with Gasteiger partial charge in [-0.15, -0.1) is 4.40 Å². The first kappa shape index (κ1) is 17.7. The van der Waals surface area contributed by atoms with Crippen LogP contribution in [0.1, 0.15) is 5.69 Å². The van der Waals surface area contributed by atoms with Crippen LogP contribution in [-0.4, -0.2) is 14.7 Å². The highest BCUT2D eigenvalue weighted by atomic mass is 127. The molecule has 0 aliphatic rings. The molecule has 0 unspecified atom stereocenters. The van der Waals surface area contributed by atoms with Crippen LogP contribution in [0.2, 0.25) is 0 Å². The van der Waals surface area contributed by atoms with Gasteiger partial charge in [0.05, 0.1) is 15.2 Å². The van der Waals surface area contributed by atoms with E-state index in [9.17, 15) is 8.42 Å². The molecule has 132 valence electrons. The third-order valence-corrected chi connectivity index (χ3v) is 6.95. The van der Waals surface area contributed by atoms with Gasteiger partial charge in [0, 0.05) is 17.9 Å². The van der Waals surface area contributed by atoms with Crippen molar-refractivity contribution in [2.24, 2.45) is 0 Å². The lowest BCUT2D eigenvalue weighted by Crippen LogP contribution is -2.27. The van der Waals surface area contributed by atoms with Crippen molar-refractivity contribution in [2.45, 2.75) is 6.92 Å². The average molecular weight is 496 g/mol. The summed E-state index contributed by atoms with van der Waals surface area (Å²) in [5, 5.41) is 2.61. The minimum Gasteiger partial charge on any atom is -0.364 e. The number of rotatable bonds is 3. The lowest BCUT2D eigenvalue weighted by molar-refractivity contribution is -0.502. The van der Waals surface area contributed by atoms with Crippen LogP contribution in [0.25, 0.3) is 26.9 Å². The fourth-order valence-electron chi connectivity index (χ4n) is 3.05. The van der Waals surface area contributed by atoms with E-state index < -0.39 is 10.1 Å². The number of pyridine rings is 1. The topological polar surface area (TPSA) is 47.5 Å². The van der Waals surface area contributed by atoms with Crippen molar-refractivity contribution in [3.05, 3.63) is 63.9 Å². The van der Waals surface area contributed by atoms with Gasteiger partial charge in [-0.05, 0) is 52.1 Å². The highest BCUT2D eigenvalue weighted by molar-refractivity contribution is 14.1. The van der Waals surface area contributed by atoms with Gasteiger partial charge >= 0.3 is 10.1 Å². The molecule has 0 aliphatic carbocycles. The van der Waals surface area contributed by atoms with Crippen LogP contribution in [0.5, 0.6) is 5.06 Å². The molecule has 0 amide bonds. The maximum absolute atomic E-state index is 11.7. The maximum Gasteiger partial charge on any atom is 0.307 e. The first-order chi connectivity index (χ1) is 12.4. The Hall–Kier alpha value is -1.71. The zero-order valence-electron chi connectivity index (χ0n) is 14.1. The van der Waals surface area contributed by atoms with Crippen LogP contribution in [-0.2, 0) is 10.1 Å². The van der Waals surface area contributed by atoms with E-state index in [1.54, 1.807) is 0 Å². The van der Waals surface area contributed by atoms with E-state index in [-0.39, 0.29) is 0 Å². The summed E-state index contributed by atoms with van der Waals surface area (Å²) in [7, 11) is -3.59. The molecular formula is C19H15INO3S2+. The molecule has 4 nitrogen and oxygen atoms in total. The highest BCUT2D eigenvalue weighted by Gasteiger charge is 2.30. The first-order valence-electron chi connectivity index (χ1n) is 7.87. The van der Waals surface area contributed by atoms with E-state index in [1.807, 2.05) is 37.3 Å². The SMILES string of the molecule is Cc1c(OS(C)(=O)=O)sc2c3ccccc3c(I)c(-c3ccccc3)[n+]12. The molecule has 0 N–H and O–H groups in total. The van der Waals surface area contributed by atoms with Gasteiger partial charge in [0.15, 0.2) is 0 Å². The molecule has 0 atom stereocenters. The predicted octanol–water partition coefficient (Wildman–Crippen LogP) is 4.56. The van der Waals surface area contributed by atoms with E-state index in [2.05, 4.69) is 51.3 Å². The fourth-order valence-corrected chi connectivity index (χ4v) is 6.00. The van der Waals surface area contributed by atoms with E-state index in [0.29, 0.717) is 5.06 Å². The molecule has 0 fully saturated rings. The maximum atomic E-state index is 11.7. The molecule has 0 radical (unpaired) electrons. The van der Waals surface area contributed by atoms with Gasteiger partial charge in [-0.2, -0.15) is 8.42 Å². The Morgan fingerprint density at radius 2 is 1.62 bits per heavy atom. The van der Waals surface area contributed by atoms with Crippen molar-refractivity contribution in [3.8, 4) is 16.3 Å². The third kappa shape index (κ3) is 2.97. The van der Waals surface area contributed by atoms with Gasteiger partial charge in [-0.1, -0.05) is 36.4 Å². The van der Waals surface area contributed by atoms with Crippen molar-refractivity contribution < 1.29 is 17.0 Å². The van der Waals surface area contributed by atoms with Crippen LogP contribution < -0.4 is 8.58 Å². The second-order valence-electron chi connectivity index (χ2n) is 5.98.